The molecule has 0 spiro atoms. The van der Waals surface area contributed by atoms with Gasteiger partial charge in [0.15, 0.2) is 0 Å². The number of carbonyl (C=O) groups excluding carboxylic acids is 1. The van der Waals surface area contributed by atoms with Crippen molar-refractivity contribution in [1.29, 1.82) is 0 Å². The highest BCUT2D eigenvalue weighted by molar-refractivity contribution is 5.92. The van der Waals surface area contributed by atoms with E-state index in [0.717, 1.165) is 0 Å². The molecule has 0 aliphatic carbocycles. The third kappa shape index (κ3) is 2.68. The maximum atomic E-state index is 11.5. The lowest BCUT2D eigenvalue weighted by molar-refractivity contribution is -0.130. The molecule has 1 radical (unpaired) electrons. The number of hydrogen-bond acceptors (Lipinski definition) is 1. The molecule has 0 aromatic rings. The maximum Gasteiger partial charge on any atom is 0.249 e. The minimum absolute atomic E-state index is 0.0162. The van der Waals surface area contributed by atoms with Crippen LogP contribution in [0.15, 0.2) is 12.2 Å². The van der Waals surface area contributed by atoms with Crippen LogP contribution in [0.25, 0.3) is 0 Å². The summed E-state index contributed by atoms with van der Waals surface area (Å²) in [6.07, 6.45) is 0. The lowest BCUT2D eigenvalue weighted by atomic mass is 10.1. The lowest BCUT2D eigenvalue weighted by Crippen LogP contribution is -2.45. The van der Waals surface area contributed by atoms with Gasteiger partial charge in [0.05, 0.1) is 0 Å². The van der Waals surface area contributed by atoms with Crippen molar-refractivity contribution in [2.45, 2.75) is 33.2 Å². The van der Waals surface area contributed by atoms with Crippen molar-refractivity contribution >= 4 is 5.91 Å². The number of rotatable bonds is 2. The van der Waals surface area contributed by atoms with Crippen LogP contribution in [0.5, 0.6) is 0 Å². The Hall–Kier alpha value is -0.790. The van der Waals surface area contributed by atoms with Crippen molar-refractivity contribution in [2.75, 3.05) is 6.54 Å². The van der Waals surface area contributed by atoms with Crippen molar-refractivity contribution in [2.24, 2.45) is 0 Å². The SMILES string of the molecule is [CH2]CN(C(=O)C(=C)C)C(C)(C)C. The molecule has 1 amide bonds. The highest BCUT2D eigenvalue weighted by Crippen LogP contribution is 2.14. The van der Waals surface area contributed by atoms with Gasteiger partial charge in [-0.1, -0.05) is 6.58 Å². The topological polar surface area (TPSA) is 20.3 Å². The van der Waals surface area contributed by atoms with Gasteiger partial charge in [-0.25, -0.2) is 0 Å². The van der Waals surface area contributed by atoms with Gasteiger partial charge in [0, 0.05) is 17.7 Å². The molecule has 12 heavy (non-hydrogen) atoms. The third-order valence-electron chi connectivity index (χ3n) is 1.64. The van der Waals surface area contributed by atoms with Crippen LogP contribution < -0.4 is 0 Å². The molecule has 69 valence electrons. The molecule has 0 bridgehead atoms. The predicted octanol–water partition coefficient (Wildman–Crippen LogP) is 2.02. The van der Waals surface area contributed by atoms with Crippen LogP contribution in [0.3, 0.4) is 0 Å². The van der Waals surface area contributed by atoms with Crippen molar-refractivity contribution < 1.29 is 4.79 Å². The minimum Gasteiger partial charge on any atom is -0.334 e. The van der Waals surface area contributed by atoms with Crippen LogP contribution in [-0.2, 0) is 4.79 Å². The van der Waals surface area contributed by atoms with Gasteiger partial charge >= 0.3 is 0 Å². The number of carbonyl (C=O) groups is 1. The first-order chi connectivity index (χ1) is 5.30. The molecule has 0 aliphatic rings. The molecule has 0 atom stereocenters. The van der Waals surface area contributed by atoms with E-state index in [1.807, 2.05) is 20.8 Å². The fourth-order valence-corrected chi connectivity index (χ4v) is 0.972. The molecular formula is C10H18NO. The molecule has 0 aliphatic heterocycles. The summed E-state index contributed by atoms with van der Waals surface area (Å²) in [6, 6.07) is 0. The van der Waals surface area contributed by atoms with Crippen molar-refractivity contribution in [3.05, 3.63) is 19.1 Å². The average molecular weight is 168 g/mol. The largest absolute Gasteiger partial charge is 0.334 e. The van der Waals surface area contributed by atoms with E-state index in [2.05, 4.69) is 13.5 Å². The molecule has 0 saturated heterocycles. The maximum absolute atomic E-state index is 11.5. The zero-order chi connectivity index (χ0) is 9.94. The number of nitrogens with zero attached hydrogens (tertiary/aromatic N) is 1. The average Bonchev–Trinajstić information content (AvgIpc) is 1.85. The molecule has 0 fully saturated rings. The number of hydrogen-bond donors (Lipinski definition) is 0. The normalized spacial score (nSPS) is 11.1. The summed E-state index contributed by atoms with van der Waals surface area (Å²) in [5, 5.41) is 0. The van der Waals surface area contributed by atoms with E-state index in [1.54, 1.807) is 11.8 Å². The summed E-state index contributed by atoms with van der Waals surface area (Å²) in [4.78, 5) is 13.2. The van der Waals surface area contributed by atoms with Crippen LogP contribution in [-0.4, -0.2) is 22.9 Å². The van der Waals surface area contributed by atoms with Gasteiger partial charge < -0.3 is 4.90 Å². The second-order valence-corrected chi connectivity index (χ2v) is 3.91. The Morgan fingerprint density at radius 3 is 1.92 bits per heavy atom. The van der Waals surface area contributed by atoms with E-state index in [9.17, 15) is 4.79 Å². The van der Waals surface area contributed by atoms with E-state index < -0.39 is 0 Å². The zero-order valence-electron chi connectivity index (χ0n) is 8.48. The smallest absolute Gasteiger partial charge is 0.249 e. The van der Waals surface area contributed by atoms with Crippen molar-refractivity contribution in [3.63, 3.8) is 0 Å². The highest BCUT2D eigenvalue weighted by atomic mass is 16.2. The Morgan fingerprint density at radius 1 is 1.42 bits per heavy atom. The summed E-state index contributed by atoms with van der Waals surface area (Å²) >= 11 is 0. The van der Waals surface area contributed by atoms with Crippen LogP contribution in [0.4, 0.5) is 0 Å². The first-order valence-corrected chi connectivity index (χ1v) is 4.07. The van der Waals surface area contributed by atoms with Gasteiger partial charge in [-0.05, 0) is 34.6 Å². The standard InChI is InChI=1S/C10H18NO/c1-7-11(10(4,5)6)9(12)8(2)3/h1-2,7H2,3-6H3. The van der Waals surface area contributed by atoms with Crippen LogP contribution in [0.2, 0.25) is 0 Å². The second kappa shape index (κ2) is 3.74. The molecule has 0 aromatic carbocycles. The summed E-state index contributed by atoms with van der Waals surface area (Å²) in [5.74, 6) is -0.0162. The van der Waals surface area contributed by atoms with E-state index in [4.69, 9.17) is 0 Å². The monoisotopic (exact) mass is 168 g/mol. The lowest BCUT2D eigenvalue weighted by Gasteiger charge is -2.34. The highest BCUT2D eigenvalue weighted by Gasteiger charge is 2.24. The minimum atomic E-state index is -0.169. The molecule has 0 aromatic heterocycles. The van der Waals surface area contributed by atoms with Gasteiger partial charge in [-0.15, -0.1) is 0 Å². The molecular weight excluding hydrogens is 150 g/mol. The molecule has 0 unspecified atom stereocenters. The molecule has 2 nitrogen and oxygen atoms in total. The summed E-state index contributed by atoms with van der Waals surface area (Å²) in [7, 11) is 0. The van der Waals surface area contributed by atoms with Gasteiger partial charge in [-0.3, -0.25) is 4.79 Å². The van der Waals surface area contributed by atoms with Gasteiger partial charge in [0.1, 0.15) is 0 Å². The van der Waals surface area contributed by atoms with Crippen molar-refractivity contribution in [3.8, 4) is 0 Å². The van der Waals surface area contributed by atoms with E-state index in [0.29, 0.717) is 12.1 Å². The number of amides is 1. The Labute approximate surface area is 75.3 Å². The Bertz CT molecular complexity index is 189. The first kappa shape index (κ1) is 11.2. The van der Waals surface area contributed by atoms with Gasteiger partial charge in [0.25, 0.3) is 0 Å². The predicted molar refractivity (Wildman–Crippen MR) is 51.6 cm³/mol. The van der Waals surface area contributed by atoms with Gasteiger partial charge in [-0.2, -0.15) is 0 Å². The Kier molecular flexibility index (Phi) is 3.50. The molecule has 0 heterocycles. The Balaban J connectivity index is 4.58. The third-order valence-corrected chi connectivity index (χ3v) is 1.64. The first-order valence-electron chi connectivity index (χ1n) is 4.07. The zero-order valence-corrected chi connectivity index (χ0v) is 8.48. The van der Waals surface area contributed by atoms with E-state index >= 15 is 0 Å². The van der Waals surface area contributed by atoms with Crippen LogP contribution in [0.1, 0.15) is 27.7 Å². The van der Waals surface area contributed by atoms with Crippen LogP contribution in [0, 0.1) is 6.92 Å². The summed E-state index contributed by atoms with van der Waals surface area (Å²) in [6.45, 7) is 15.5. The summed E-state index contributed by atoms with van der Waals surface area (Å²) in [5.41, 5.74) is 0.395. The molecule has 2 heteroatoms. The van der Waals surface area contributed by atoms with Gasteiger partial charge in [0.2, 0.25) is 5.91 Å². The fourth-order valence-electron chi connectivity index (χ4n) is 0.972. The molecule has 0 rings (SSSR count). The van der Waals surface area contributed by atoms with E-state index in [-0.39, 0.29) is 11.4 Å². The Morgan fingerprint density at radius 2 is 1.83 bits per heavy atom. The van der Waals surface area contributed by atoms with Crippen molar-refractivity contribution in [1.82, 2.24) is 4.90 Å². The quantitative estimate of drug-likeness (QED) is 0.578. The second-order valence-electron chi connectivity index (χ2n) is 3.91. The van der Waals surface area contributed by atoms with E-state index in [1.165, 1.54) is 0 Å². The summed E-state index contributed by atoms with van der Waals surface area (Å²) < 4.78 is 0. The molecule has 0 saturated carbocycles. The van der Waals surface area contributed by atoms with Crippen LogP contribution >= 0.6 is 0 Å². The molecule has 0 N–H and O–H groups in total. The fraction of sp³-hybridized carbons (Fsp3) is 0.600.